The number of nitro benzene ring substituents is 1. The summed E-state index contributed by atoms with van der Waals surface area (Å²) < 4.78 is 4.94. The summed E-state index contributed by atoms with van der Waals surface area (Å²) in [6.07, 6.45) is -0.00953. The van der Waals surface area contributed by atoms with Crippen molar-refractivity contribution in [2.45, 2.75) is 26.4 Å². The highest BCUT2D eigenvalue weighted by atomic mass is 16.6. The molecule has 124 valence electrons. The van der Waals surface area contributed by atoms with E-state index in [1.807, 2.05) is 0 Å². The van der Waals surface area contributed by atoms with Crippen LogP contribution in [0.4, 0.5) is 16.2 Å². The van der Waals surface area contributed by atoms with Crippen LogP contribution in [0.15, 0.2) is 36.2 Å². The first-order valence-corrected chi connectivity index (χ1v) is 6.53. The smallest absolute Gasteiger partial charge is 0.412 e. The van der Waals surface area contributed by atoms with Crippen LogP contribution in [0, 0.1) is 10.1 Å². The number of carbonyl (C=O) groups excluding carboxylic acids is 1. The molecular weight excluding hydrogens is 306 g/mol. The van der Waals surface area contributed by atoms with Gasteiger partial charge in [0.15, 0.2) is 0 Å². The molecule has 0 radical (unpaired) electrons. The zero-order valence-electron chi connectivity index (χ0n) is 12.8. The second-order valence-corrected chi connectivity index (χ2v) is 5.41. The van der Waals surface area contributed by atoms with Crippen LogP contribution in [0.3, 0.4) is 0 Å². The van der Waals surface area contributed by atoms with Gasteiger partial charge in [0, 0.05) is 12.3 Å². The van der Waals surface area contributed by atoms with Crippen LogP contribution < -0.4 is 10.6 Å². The zero-order chi connectivity index (χ0) is 17.6. The predicted molar refractivity (Wildman–Crippen MR) is 81.8 cm³/mol. The molecule has 0 atom stereocenters. The Morgan fingerprint density at radius 2 is 1.91 bits per heavy atom. The number of nitrogens with one attached hydrogen (secondary N) is 2. The highest BCUT2D eigenvalue weighted by molar-refractivity contribution is 5.91. The standard InChI is InChI=1S/C14H17N3O6/c1-14(2,3)23-13(20)16-10(12(18)19)8-15-9-6-4-5-7-11(9)17(21)22/h4-8,15H,1-3H3,(H,16,20)(H,18,19)/b10-8+. The van der Waals surface area contributed by atoms with Gasteiger partial charge in [0.05, 0.1) is 4.92 Å². The van der Waals surface area contributed by atoms with Gasteiger partial charge in [-0.2, -0.15) is 0 Å². The monoisotopic (exact) mass is 323 g/mol. The van der Waals surface area contributed by atoms with Crippen molar-refractivity contribution >= 4 is 23.4 Å². The topological polar surface area (TPSA) is 131 Å². The zero-order valence-corrected chi connectivity index (χ0v) is 12.8. The van der Waals surface area contributed by atoms with Crippen molar-refractivity contribution in [1.29, 1.82) is 0 Å². The lowest BCUT2D eigenvalue weighted by Crippen LogP contribution is -2.34. The molecule has 0 aliphatic heterocycles. The fourth-order valence-corrected chi connectivity index (χ4v) is 1.47. The molecule has 0 aliphatic carbocycles. The number of hydrogen-bond acceptors (Lipinski definition) is 6. The lowest BCUT2D eigenvalue weighted by molar-refractivity contribution is -0.383. The fourth-order valence-electron chi connectivity index (χ4n) is 1.47. The number of nitrogens with zero attached hydrogens (tertiary/aromatic N) is 1. The maximum atomic E-state index is 11.6. The van der Waals surface area contributed by atoms with Crippen LogP contribution in [0.2, 0.25) is 0 Å². The maximum Gasteiger partial charge on any atom is 0.412 e. The minimum absolute atomic E-state index is 0.0854. The van der Waals surface area contributed by atoms with Gasteiger partial charge in [0.1, 0.15) is 17.0 Å². The van der Waals surface area contributed by atoms with Crippen molar-refractivity contribution in [1.82, 2.24) is 5.32 Å². The molecule has 9 nitrogen and oxygen atoms in total. The number of benzene rings is 1. The van der Waals surface area contributed by atoms with Gasteiger partial charge in [-0.25, -0.2) is 9.59 Å². The molecule has 0 bridgehead atoms. The van der Waals surface area contributed by atoms with Gasteiger partial charge in [-0.3, -0.25) is 15.4 Å². The van der Waals surface area contributed by atoms with Gasteiger partial charge >= 0.3 is 12.1 Å². The molecule has 23 heavy (non-hydrogen) atoms. The maximum absolute atomic E-state index is 11.6. The molecule has 0 spiro atoms. The quantitative estimate of drug-likeness (QED) is 0.431. The molecule has 0 fully saturated rings. The lowest BCUT2D eigenvalue weighted by Gasteiger charge is -2.19. The van der Waals surface area contributed by atoms with E-state index in [9.17, 15) is 19.7 Å². The molecule has 3 N–H and O–H groups in total. The summed E-state index contributed by atoms with van der Waals surface area (Å²) in [5, 5.41) is 24.5. The van der Waals surface area contributed by atoms with E-state index in [0.717, 1.165) is 6.20 Å². The molecule has 1 aromatic carbocycles. The van der Waals surface area contributed by atoms with Crippen molar-refractivity contribution in [3.8, 4) is 0 Å². The van der Waals surface area contributed by atoms with E-state index in [0.29, 0.717) is 0 Å². The molecule has 9 heteroatoms. The Bertz CT molecular complexity index is 648. The molecule has 1 amide bonds. The Morgan fingerprint density at radius 3 is 2.43 bits per heavy atom. The second-order valence-electron chi connectivity index (χ2n) is 5.41. The normalized spacial score (nSPS) is 11.5. The van der Waals surface area contributed by atoms with Crippen LogP contribution in [0.1, 0.15) is 20.8 Å². The Morgan fingerprint density at radius 1 is 1.30 bits per heavy atom. The molecule has 0 heterocycles. The number of rotatable bonds is 5. The molecule has 0 aromatic heterocycles. The van der Waals surface area contributed by atoms with Crippen molar-refractivity contribution in [2.24, 2.45) is 0 Å². The van der Waals surface area contributed by atoms with Crippen LogP contribution in [-0.4, -0.2) is 27.7 Å². The summed E-state index contributed by atoms with van der Waals surface area (Å²) in [4.78, 5) is 33.0. The number of carbonyl (C=O) groups is 2. The van der Waals surface area contributed by atoms with E-state index < -0.39 is 28.3 Å². The number of ether oxygens (including phenoxy) is 1. The highest BCUT2D eigenvalue weighted by Gasteiger charge is 2.19. The molecular formula is C14H17N3O6. The number of amides is 1. The molecule has 0 saturated carbocycles. The molecule has 1 rings (SSSR count). The highest BCUT2D eigenvalue weighted by Crippen LogP contribution is 2.23. The van der Waals surface area contributed by atoms with E-state index in [1.165, 1.54) is 18.2 Å². The SMILES string of the molecule is CC(C)(C)OC(=O)N/C(=C/Nc1ccccc1[N+](=O)[O-])C(=O)O. The van der Waals surface area contributed by atoms with E-state index in [-0.39, 0.29) is 11.4 Å². The average molecular weight is 323 g/mol. The van der Waals surface area contributed by atoms with Crippen molar-refractivity contribution in [2.75, 3.05) is 5.32 Å². The number of aliphatic carboxylic acids is 1. The first-order chi connectivity index (χ1) is 10.6. The van der Waals surface area contributed by atoms with Gasteiger partial charge in [-0.15, -0.1) is 0 Å². The minimum Gasteiger partial charge on any atom is -0.477 e. The molecule has 0 aliphatic rings. The van der Waals surface area contributed by atoms with Gasteiger partial charge in [0.2, 0.25) is 0 Å². The van der Waals surface area contributed by atoms with Crippen molar-refractivity contribution in [3.05, 3.63) is 46.3 Å². The minimum atomic E-state index is -1.43. The summed E-state index contributed by atoms with van der Waals surface area (Å²) in [6, 6.07) is 5.69. The second kappa shape index (κ2) is 7.25. The number of alkyl carbamates (subject to hydrolysis) is 1. The first kappa shape index (κ1) is 18.0. The number of para-hydroxylation sites is 2. The number of carboxylic acid groups (broad SMARTS) is 1. The third-order valence-electron chi connectivity index (χ3n) is 2.34. The van der Waals surface area contributed by atoms with Crippen LogP contribution >= 0.6 is 0 Å². The Balaban J connectivity index is 2.91. The van der Waals surface area contributed by atoms with Gasteiger partial charge in [0.25, 0.3) is 5.69 Å². The van der Waals surface area contributed by atoms with Crippen molar-refractivity contribution < 1.29 is 24.4 Å². The van der Waals surface area contributed by atoms with E-state index in [4.69, 9.17) is 9.84 Å². The Labute approximate surface area is 132 Å². The van der Waals surface area contributed by atoms with Crippen molar-refractivity contribution in [3.63, 3.8) is 0 Å². The van der Waals surface area contributed by atoms with Gasteiger partial charge in [-0.1, -0.05) is 12.1 Å². The summed E-state index contributed by atoms with van der Waals surface area (Å²) in [5.41, 5.74) is -1.45. The lowest BCUT2D eigenvalue weighted by atomic mass is 10.2. The van der Waals surface area contributed by atoms with Gasteiger partial charge < -0.3 is 15.2 Å². The number of hydrogen-bond donors (Lipinski definition) is 3. The molecule has 0 unspecified atom stereocenters. The summed E-state index contributed by atoms with van der Waals surface area (Å²) in [7, 11) is 0. The molecule has 0 saturated heterocycles. The fraction of sp³-hybridized carbons (Fsp3) is 0.286. The van der Waals surface area contributed by atoms with Crippen LogP contribution in [0.25, 0.3) is 0 Å². The average Bonchev–Trinajstić information content (AvgIpc) is 2.41. The third-order valence-corrected chi connectivity index (χ3v) is 2.34. The Kier molecular flexibility index (Phi) is 5.66. The van der Waals surface area contributed by atoms with E-state index in [2.05, 4.69) is 10.6 Å². The largest absolute Gasteiger partial charge is 0.477 e. The predicted octanol–water partition coefficient (Wildman–Crippen LogP) is 2.46. The third kappa shape index (κ3) is 6.04. The summed E-state index contributed by atoms with van der Waals surface area (Å²) in [5.74, 6) is -1.43. The number of carboxylic acids is 1. The van der Waals surface area contributed by atoms with Crippen LogP contribution in [0.5, 0.6) is 0 Å². The van der Waals surface area contributed by atoms with E-state index in [1.54, 1.807) is 26.8 Å². The Hall–Kier alpha value is -3.10. The van der Waals surface area contributed by atoms with E-state index >= 15 is 0 Å². The molecule has 1 aromatic rings. The number of nitro groups is 1. The summed E-state index contributed by atoms with van der Waals surface area (Å²) >= 11 is 0. The first-order valence-electron chi connectivity index (χ1n) is 6.53. The van der Waals surface area contributed by atoms with Gasteiger partial charge in [-0.05, 0) is 26.8 Å². The van der Waals surface area contributed by atoms with Crippen LogP contribution in [-0.2, 0) is 9.53 Å². The summed E-state index contributed by atoms with van der Waals surface area (Å²) in [6.45, 7) is 4.88. The number of anilines is 1.